The Balaban J connectivity index is 2.10. The summed E-state index contributed by atoms with van der Waals surface area (Å²) in [5.74, 6) is 0.0927. The van der Waals surface area contributed by atoms with Crippen LogP contribution in [0.2, 0.25) is 0 Å². The van der Waals surface area contributed by atoms with Crippen LogP contribution in [0.4, 0.5) is 0 Å². The Bertz CT molecular complexity index is 525. The first kappa shape index (κ1) is 16.4. The molecule has 0 saturated carbocycles. The van der Waals surface area contributed by atoms with Gasteiger partial charge in [0, 0.05) is 13.1 Å². The fourth-order valence-electron chi connectivity index (χ4n) is 3.05. The highest BCUT2D eigenvalue weighted by Gasteiger charge is 2.35. The average molecular weight is 312 g/mol. The number of nitrogens with two attached hydrogens (primary N) is 1. The van der Waals surface area contributed by atoms with Crippen molar-refractivity contribution in [1.29, 1.82) is 0 Å². The van der Waals surface area contributed by atoms with E-state index in [9.17, 15) is 8.42 Å². The molecule has 0 aliphatic carbocycles. The number of β-amino-alcohol motifs (C(OH)–C–C–N with tert-alkyl or cyclic N) is 1. The zero-order chi connectivity index (χ0) is 15.3. The van der Waals surface area contributed by atoms with E-state index in [1.54, 1.807) is 24.3 Å². The maximum Gasteiger partial charge on any atom is 0.182 e. The van der Waals surface area contributed by atoms with Gasteiger partial charge in [0.15, 0.2) is 9.84 Å². The summed E-state index contributed by atoms with van der Waals surface area (Å²) < 4.78 is 25.5. The number of likely N-dealkylation sites (tertiary alicyclic amines) is 1. The lowest BCUT2D eigenvalue weighted by Crippen LogP contribution is -2.44. The molecule has 1 aromatic carbocycles. The van der Waals surface area contributed by atoms with Crippen molar-refractivity contribution in [3.8, 4) is 0 Å². The Labute approximate surface area is 126 Å². The molecular formula is C15H24N2O3S. The van der Waals surface area contributed by atoms with Crippen molar-refractivity contribution in [1.82, 2.24) is 4.90 Å². The van der Waals surface area contributed by atoms with Gasteiger partial charge in [0.1, 0.15) is 0 Å². The maximum atomic E-state index is 12.7. The number of aliphatic hydroxyl groups is 1. The smallest absolute Gasteiger partial charge is 0.182 e. The number of aliphatic hydroxyl groups excluding tert-OH is 1. The number of hydrogen-bond donors (Lipinski definition) is 2. The topological polar surface area (TPSA) is 83.6 Å². The standard InChI is InChI=1S/C15H24N2O3S/c16-12-15(13-6-8-17(9-7-13)10-11-18)21(19,20)14-4-2-1-3-5-14/h1-5,13,15,18H,6-12,16H2. The van der Waals surface area contributed by atoms with Crippen LogP contribution in [0.15, 0.2) is 35.2 Å². The molecule has 0 radical (unpaired) electrons. The molecule has 2 rings (SSSR count). The zero-order valence-corrected chi connectivity index (χ0v) is 13.0. The molecule has 118 valence electrons. The van der Waals surface area contributed by atoms with Crippen LogP contribution in [0.1, 0.15) is 12.8 Å². The molecule has 1 saturated heterocycles. The van der Waals surface area contributed by atoms with E-state index in [2.05, 4.69) is 4.90 Å². The summed E-state index contributed by atoms with van der Waals surface area (Å²) in [6, 6.07) is 8.57. The van der Waals surface area contributed by atoms with Gasteiger partial charge in [-0.15, -0.1) is 0 Å². The molecule has 3 N–H and O–H groups in total. The third kappa shape index (κ3) is 3.83. The third-order valence-electron chi connectivity index (χ3n) is 4.28. The first-order valence-corrected chi connectivity index (χ1v) is 8.96. The Morgan fingerprint density at radius 3 is 2.38 bits per heavy atom. The molecule has 1 aliphatic rings. The molecule has 0 bridgehead atoms. The van der Waals surface area contributed by atoms with Crippen LogP contribution >= 0.6 is 0 Å². The fourth-order valence-corrected chi connectivity index (χ4v) is 4.97. The third-order valence-corrected chi connectivity index (χ3v) is 6.58. The molecule has 1 aliphatic heterocycles. The van der Waals surface area contributed by atoms with Gasteiger partial charge >= 0.3 is 0 Å². The molecule has 1 atom stereocenters. The minimum Gasteiger partial charge on any atom is -0.395 e. The van der Waals surface area contributed by atoms with Crippen LogP contribution in [0, 0.1) is 5.92 Å². The molecule has 0 spiro atoms. The fraction of sp³-hybridized carbons (Fsp3) is 0.600. The van der Waals surface area contributed by atoms with Gasteiger partial charge in [-0.1, -0.05) is 18.2 Å². The van der Waals surface area contributed by atoms with E-state index in [1.807, 2.05) is 6.07 Å². The number of hydrogen-bond acceptors (Lipinski definition) is 5. The lowest BCUT2D eigenvalue weighted by molar-refractivity contribution is 0.146. The molecule has 6 heteroatoms. The summed E-state index contributed by atoms with van der Waals surface area (Å²) in [4.78, 5) is 2.53. The van der Waals surface area contributed by atoms with Gasteiger partial charge < -0.3 is 15.7 Å². The number of piperidine rings is 1. The first-order valence-electron chi connectivity index (χ1n) is 7.42. The van der Waals surface area contributed by atoms with Gasteiger partial charge in [-0.05, 0) is 44.0 Å². The lowest BCUT2D eigenvalue weighted by Gasteiger charge is -2.35. The largest absolute Gasteiger partial charge is 0.395 e. The van der Waals surface area contributed by atoms with Crippen LogP contribution in [0.25, 0.3) is 0 Å². The summed E-state index contributed by atoms with van der Waals surface area (Å²) >= 11 is 0. The van der Waals surface area contributed by atoms with E-state index in [0.717, 1.165) is 25.9 Å². The van der Waals surface area contributed by atoms with E-state index >= 15 is 0 Å². The van der Waals surface area contributed by atoms with Gasteiger partial charge in [0.25, 0.3) is 0 Å². The van der Waals surface area contributed by atoms with Gasteiger partial charge in [0.2, 0.25) is 0 Å². The van der Waals surface area contributed by atoms with Crippen LogP contribution in [0.3, 0.4) is 0 Å². The SMILES string of the molecule is NCC(C1CCN(CCO)CC1)S(=O)(=O)c1ccccc1. The van der Waals surface area contributed by atoms with Crippen molar-refractivity contribution in [3.63, 3.8) is 0 Å². The second-order valence-electron chi connectivity index (χ2n) is 5.53. The second kappa shape index (κ2) is 7.35. The first-order chi connectivity index (χ1) is 10.1. The predicted molar refractivity (Wildman–Crippen MR) is 82.7 cm³/mol. The Morgan fingerprint density at radius 2 is 1.86 bits per heavy atom. The van der Waals surface area contributed by atoms with Crippen molar-refractivity contribution >= 4 is 9.84 Å². The molecule has 1 fully saturated rings. The summed E-state index contributed by atoms with van der Waals surface area (Å²) in [5, 5.41) is 8.44. The van der Waals surface area contributed by atoms with Crippen LogP contribution in [0.5, 0.6) is 0 Å². The van der Waals surface area contributed by atoms with E-state index in [-0.39, 0.29) is 19.1 Å². The normalized spacial score (nSPS) is 19.5. The average Bonchev–Trinajstić information content (AvgIpc) is 2.51. The Morgan fingerprint density at radius 1 is 1.24 bits per heavy atom. The van der Waals surface area contributed by atoms with Gasteiger partial charge in [-0.25, -0.2) is 8.42 Å². The summed E-state index contributed by atoms with van der Waals surface area (Å²) in [5.41, 5.74) is 5.79. The molecular weight excluding hydrogens is 288 g/mol. The highest BCUT2D eigenvalue weighted by Crippen LogP contribution is 2.28. The predicted octanol–water partition coefficient (Wildman–Crippen LogP) is 0.492. The summed E-state index contributed by atoms with van der Waals surface area (Å²) in [6.07, 6.45) is 1.63. The minimum atomic E-state index is -3.37. The van der Waals surface area contributed by atoms with Crippen molar-refractivity contribution in [3.05, 3.63) is 30.3 Å². The van der Waals surface area contributed by atoms with E-state index in [0.29, 0.717) is 11.4 Å². The van der Waals surface area contributed by atoms with Crippen molar-refractivity contribution in [2.45, 2.75) is 23.0 Å². The summed E-state index contributed by atoms with van der Waals surface area (Å²) in [6.45, 7) is 2.61. The molecule has 0 aromatic heterocycles. The highest BCUT2D eigenvalue weighted by molar-refractivity contribution is 7.92. The minimum absolute atomic E-state index is 0.0927. The quantitative estimate of drug-likeness (QED) is 0.799. The van der Waals surface area contributed by atoms with Crippen molar-refractivity contribution in [2.24, 2.45) is 11.7 Å². The zero-order valence-electron chi connectivity index (χ0n) is 12.2. The monoisotopic (exact) mass is 312 g/mol. The number of rotatable bonds is 6. The molecule has 21 heavy (non-hydrogen) atoms. The van der Waals surface area contributed by atoms with Crippen molar-refractivity contribution < 1.29 is 13.5 Å². The highest BCUT2D eigenvalue weighted by atomic mass is 32.2. The summed E-state index contributed by atoms with van der Waals surface area (Å²) in [7, 11) is -3.37. The number of sulfone groups is 1. The Kier molecular flexibility index (Phi) is 5.75. The van der Waals surface area contributed by atoms with Crippen molar-refractivity contribution in [2.75, 3.05) is 32.8 Å². The second-order valence-corrected chi connectivity index (χ2v) is 7.70. The van der Waals surface area contributed by atoms with Crippen LogP contribution in [-0.4, -0.2) is 56.5 Å². The molecule has 5 nitrogen and oxygen atoms in total. The van der Waals surface area contributed by atoms with E-state index < -0.39 is 15.1 Å². The van der Waals surface area contributed by atoms with E-state index in [4.69, 9.17) is 10.8 Å². The molecule has 1 unspecified atom stereocenters. The lowest BCUT2D eigenvalue weighted by atomic mass is 9.93. The van der Waals surface area contributed by atoms with Crippen LogP contribution in [-0.2, 0) is 9.84 Å². The maximum absolute atomic E-state index is 12.7. The van der Waals surface area contributed by atoms with Gasteiger partial charge in [-0.3, -0.25) is 0 Å². The molecule has 0 amide bonds. The molecule has 1 aromatic rings. The van der Waals surface area contributed by atoms with Gasteiger partial charge in [0.05, 0.1) is 16.8 Å². The van der Waals surface area contributed by atoms with E-state index in [1.165, 1.54) is 0 Å². The molecule has 1 heterocycles. The number of benzene rings is 1. The Hall–Kier alpha value is -0.950. The number of nitrogens with zero attached hydrogens (tertiary/aromatic N) is 1. The van der Waals surface area contributed by atoms with Gasteiger partial charge in [-0.2, -0.15) is 0 Å². The van der Waals surface area contributed by atoms with Crippen LogP contribution < -0.4 is 5.73 Å².